The highest BCUT2D eigenvalue weighted by molar-refractivity contribution is 7.99. The Kier molecular flexibility index (Phi) is 9.03. The van der Waals surface area contributed by atoms with Crippen LogP contribution < -0.4 is 10.1 Å². The molecule has 1 saturated heterocycles. The lowest BCUT2D eigenvalue weighted by molar-refractivity contribution is -0.118. The summed E-state index contributed by atoms with van der Waals surface area (Å²) in [4.78, 5) is 12.2. The zero-order valence-electron chi connectivity index (χ0n) is 17.0. The summed E-state index contributed by atoms with van der Waals surface area (Å²) in [7, 11) is -3.52. The minimum atomic E-state index is -3.52. The SMILES string of the molecule is O=C(CSCc1ccccc1Cl)NCCOc1ccc(S(=O)(=O)N2CCOCC2)cc1. The molecule has 1 amide bonds. The summed E-state index contributed by atoms with van der Waals surface area (Å²) >= 11 is 7.60. The van der Waals surface area contributed by atoms with Crippen molar-refractivity contribution < 1.29 is 22.7 Å². The molecule has 1 N–H and O–H groups in total. The molecule has 0 bridgehead atoms. The number of rotatable bonds is 10. The Balaban J connectivity index is 1.36. The van der Waals surface area contributed by atoms with Crippen LogP contribution in [0.1, 0.15) is 5.56 Å². The first-order chi connectivity index (χ1) is 15.0. The molecule has 1 aliphatic rings. The summed E-state index contributed by atoms with van der Waals surface area (Å²) in [6.45, 7) is 2.18. The Bertz CT molecular complexity index is 964. The molecule has 7 nitrogen and oxygen atoms in total. The van der Waals surface area contributed by atoms with Crippen LogP contribution in [0.25, 0.3) is 0 Å². The zero-order chi connectivity index (χ0) is 22.1. The fourth-order valence-electron chi connectivity index (χ4n) is 2.92. The van der Waals surface area contributed by atoms with Crippen LogP contribution in [0.4, 0.5) is 0 Å². The molecule has 168 valence electrons. The van der Waals surface area contributed by atoms with Crippen molar-refractivity contribution in [3.63, 3.8) is 0 Å². The van der Waals surface area contributed by atoms with Crippen LogP contribution in [-0.2, 0) is 25.3 Å². The molecule has 0 atom stereocenters. The molecule has 0 aliphatic carbocycles. The molecule has 0 aromatic heterocycles. The molecule has 2 aromatic rings. The fraction of sp³-hybridized carbons (Fsp3) is 0.381. The molecule has 31 heavy (non-hydrogen) atoms. The van der Waals surface area contributed by atoms with Crippen molar-refractivity contribution in [3.05, 3.63) is 59.1 Å². The van der Waals surface area contributed by atoms with Crippen LogP contribution >= 0.6 is 23.4 Å². The Morgan fingerprint density at radius 3 is 2.55 bits per heavy atom. The Labute approximate surface area is 192 Å². The lowest BCUT2D eigenvalue weighted by Crippen LogP contribution is -2.40. The predicted molar refractivity (Wildman–Crippen MR) is 122 cm³/mol. The molecule has 1 fully saturated rings. The molecular formula is C21H25ClN2O5S2. The van der Waals surface area contributed by atoms with E-state index >= 15 is 0 Å². The molecule has 0 saturated carbocycles. The van der Waals surface area contributed by atoms with E-state index in [1.165, 1.54) is 28.2 Å². The number of nitrogens with zero attached hydrogens (tertiary/aromatic N) is 1. The predicted octanol–water partition coefficient (Wildman–Crippen LogP) is 2.79. The standard InChI is InChI=1S/C21H25ClN2O5S2/c22-20-4-2-1-3-17(20)15-30-16-21(25)23-9-12-29-18-5-7-19(8-6-18)31(26,27)24-10-13-28-14-11-24/h1-8H,9-16H2,(H,23,25). The summed E-state index contributed by atoms with van der Waals surface area (Å²) in [5.41, 5.74) is 1.00. The van der Waals surface area contributed by atoms with Gasteiger partial charge in [0.15, 0.2) is 0 Å². The molecular weight excluding hydrogens is 460 g/mol. The second-order valence-electron chi connectivity index (χ2n) is 6.77. The smallest absolute Gasteiger partial charge is 0.243 e. The number of halogens is 1. The van der Waals surface area contributed by atoms with Gasteiger partial charge in [0.25, 0.3) is 0 Å². The van der Waals surface area contributed by atoms with E-state index in [9.17, 15) is 13.2 Å². The topological polar surface area (TPSA) is 84.9 Å². The van der Waals surface area contributed by atoms with E-state index in [4.69, 9.17) is 21.1 Å². The lowest BCUT2D eigenvalue weighted by atomic mass is 10.2. The van der Waals surface area contributed by atoms with E-state index in [0.717, 1.165) is 5.56 Å². The maximum Gasteiger partial charge on any atom is 0.243 e. The largest absolute Gasteiger partial charge is 0.492 e. The lowest BCUT2D eigenvalue weighted by Gasteiger charge is -2.26. The van der Waals surface area contributed by atoms with Gasteiger partial charge in [-0.3, -0.25) is 4.79 Å². The van der Waals surface area contributed by atoms with Gasteiger partial charge in [0, 0.05) is 23.9 Å². The van der Waals surface area contributed by atoms with Crippen molar-refractivity contribution in [2.45, 2.75) is 10.6 Å². The third kappa shape index (κ3) is 7.11. The van der Waals surface area contributed by atoms with Crippen molar-refractivity contribution in [3.8, 4) is 5.75 Å². The highest BCUT2D eigenvalue weighted by Gasteiger charge is 2.26. The number of nitrogens with one attached hydrogen (secondary N) is 1. The summed E-state index contributed by atoms with van der Waals surface area (Å²) in [5.74, 6) is 1.47. The van der Waals surface area contributed by atoms with Gasteiger partial charge in [-0.1, -0.05) is 29.8 Å². The monoisotopic (exact) mass is 484 g/mol. The van der Waals surface area contributed by atoms with Gasteiger partial charge in [0.05, 0.1) is 30.4 Å². The van der Waals surface area contributed by atoms with Gasteiger partial charge < -0.3 is 14.8 Å². The fourth-order valence-corrected chi connectivity index (χ4v) is 5.47. The summed E-state index contributed by atoms with van der Waals surface area (Å²) in [6.07, 6.45) is 0. The van der Waals surface area contributed by atoms with Crippen LogP contribution in [-0.4, -0.2) is 63.8 Å². The summed E-state index contributed by atoms with van der Waals surface area (Å²) in [5, 5.41) is 3.50. The van der Waals surface area contributed by atoms with Crippen molar-refractivity contribution in [2.24, 2.45) is 0 Å². The maximum absolute atomic E-state index is 12.6. The van der Waals surface area contributed by atoms with E-state index in [1.54, 1.807) is 12.1 Å². The van der Waals surface area contributed by atoms with E-state index < -0.39 is 10.0 Å². The Hall–Kier alpha value is -1.78. The quantitative estimate of drug-likeness (QED) is 0.522. The second-order valence-corrected chi connectivity index (χ2v) is 10.1. The highest BCUT2D eigenvalue weighted by Crippen LogP contribution is 2.21. The number of hydrogen-bond donors (Lipinski definition) is 1. The average molecular weight is 485 g/mol. The minimum Gasteiger partial charge on any atom is -0.492 e. The van der Waals surface area contributed by atoms with Gasteiger partial charge in [-0.15, -0.1) is 11.8 Å². The maximum atomic E-state index is 12.6. The molecule has 2 aromatic carbocycles. The number of carbonyl (C=O) groups is 1. The van der Waals surface area contributed by atoms with Crippen LogP contribution in [0.5, 0.6) is 5.75 Å². The molecule has 0 radical (unpaired) electrons. The van der Waals surface area contributed by atoms with E-state index in [-0.39, 0.29) is 17.4 Å². The molecule has 1 heterocycles. The van der Waals surface area contributed by atoms with Gasteiger partial charge >= 0.3 is 0 Å². The van der Waals surface area contributed by atoms with Crippen molar-refractivity contribution >= 4 is 39.3 Å². The average Bonchev–Trinajstić information content (AvgIpc) is 2.79. The Morgan fingerprint density at radius 1 is 1.13 bits per heavy atom. The van der Waals surface area contributed by atoms with Gasteiger partial charge in [-0.05, 0) is 35.9 Å². The molecule has 10 heteroatoms. The summed E-state index contributed by atoms with van der Waals surface area (Å²) in [6, 6.07) is 13.9. The summed E-state index contributed by atoms with van der Waals surface area (Å²) < 4.78 is 37.4. The number of carbonyl (C=O) groups excluding carboxylic acids is 1. The van der Waals surface area contributed by atoms with E-state index in [0.29, 0.717) is 55.1 Å². The number of benzene rings is 2. The van der Waals surface area contributed by atoms with Crippen LogP contribution in [0.15, 0.2) is 53.4 Å². The van der Waals surface area contributed by atoms with E-state index in [1.807, 2.05) is 24.3 Å². The molecule has 0 spiro atoms. The highest BCUT2D eigenvalue weighted by atomic mass is 35.5. The van der Waals surface area contributed by atoms with Gasteiger partial charge in [0.2, 0.25) is 15.9 Å². The number of ether oxygens (including phenoxy) is 2. The van der Waals surface area contributed by atoms with Gasteiger partial charge in [-0.25, -0.2) is 8.42 Å². The normalized spacial score (nSPS) is 14.9. The van der Waals surface area contributed by atoms with Gasteiger partial charge in [-0.2, -0.15) is 4.31 Å². The third-order valence-electron chi connectivity index (χ3n) is 4.57. The first-order valence-electron chi connectivity index (χ1n) is 9.85. The number of amides is 1. The number of thioether (sulfide) groups is 1. The van der Waals surface area contributed by atoms with Crippen molar-refractivity contribution in [2.75, 3.05) is 45.2 Å². The number of sulfonamides is 1. The number of hydrogen-bond acceptors (Lipinski definition) is 6. The first kappa shape index (κ1) is 23.9. The second kappa shape index (κ2) is 11.7. The van der Waals surface area contributed by atoms with Crippen LogP contribution in [0, 0.1) is 0 Å². The third-order valence-corrected chi connectivity index (χ3v) is 7.84. The minimum absolute atomic E-state index is 0.0763. The van der Waals surface area contributed by atoms with Crippen molar-refractivity contribution in [1.82, 2.24) is 9.62 Å². The van der Waals surface area contributed by atoms with Gasteiger partial charge in [0.1, 0.15) is 12.4 Å². The Morgan fingerprint density at radius 2 is 1.84 bits per heavy atom. The first-order valence-corrected chi connectivity index (χ1v) is 12.8. The van der Waals surface area contributed by atoms with Crippen LogP contribution in [0.3, 0.4) is 0 Å². The molecule has 1 aliphatic heterocycles. The zero-order valence-corrected chi connectivity index (χ0v) is 19.3. The molecule has 3 rings (SSSR count). The molecule has 0 unspecified atom stereocenters. The van der Waals surface area contributed by atoms with E-state index in [2.05, 4.69) is 5.32 Å². The van der Waals surface area contributed by atoms with Crippen LogP contribution in [0.2, 0.25) is 5.02 Å². The number of morpholine rings is 1. The van der Waals surface area contributed by atoms with Crippen molar-refractivity contribution in [1.29, 1.82) is 0 Å².